The number of carbonyl (C=O) groups is 1. The van der Waals surface area contributed by atoms with Crippen molar-refractivity contribution in [2.45, 2.75) is 25.8 Å². The molecule has 1 fully saturated rings. The normalized spacial score (nSPS) is 13.4. The number of aryl methyl sites for hydroxylation is 1. The molecule has 6 nitrogen and oxygen atoms in total. The van der Waals surface area contributed by atoms with Crippen LogP contribution in [0.1, 0.15) is 28.8 Å². The number of pyridine rings is 1. The van der Waals surface area contributed by atoms with Gasteiger partial charge in [0.1, 0.15) is 0 Å². The van der Waals surface area contributed by atoms with Crippen LogP contribution in [0, 0.1) is 6.92 Å². The van der Waals surface area contributed by atoms with Crippen LogP contribution in [0.4, 0.5) is 11.6 Å². The topological polar surface area (TPSA) is 71.3 Å². The summed E-state index contributed by atoms with van der Waals surface area (Å²) in [5.41, 5.74) is 5.53. The van der Waals surface area contributed by atoms with Gasteiger partial charge in [0, 0.05) is 23.5 Å². The van der Waals surface area contributed by atoms with E-state index < -0.39 is 0 Å². The molecule has 0 aliphatic heterocycles. The molecule has 0 atom stereocenters. The predicted molar refractivity (Wildman–Crippen MR) is 113 cm³/mol. The molecule has 4 aromatic rings. The number of nitrogens with one attached hydrogen (secondary N) is 2. The number of hydrogen-bond acceptors (Lipinski definition) is 4. The van der Waals surface area contributed by atoms with Crippen molar-refractivity contribution in [1.82, 2.24) is 19.9 Å². The Morgan fingerprint density at radius 2 is 1.86 bits per heavy atom. The van der Waals surface area contributed by atoms with Gasteiger partial charge in [-0.05, 0) is 72.9 Å². The second-order valence-corrected chi connectivity index (χ2v) is 7.44. The van der Waals surface area contributed by atoms with Gasteiger partial charge < -0.3 is 10.6 Å². The van der Waals surface area contributed by atoms with E-state index >= 15 is 0 Å². The third-order valence-corrected chi connectivity index (χ3v) is 5.16. The Kier molecular flexibility index (Phi) is 4.24. The highest BCUT2D eigenvalue weighted by molar-refractivity contribution is 5.96. The Morgan fingerprint density at radius 1 is 1.03 bits per heavy atom. The maximum atomic E-state index is 12.4. The summed E-state index contributed by atoms with van der Waals surface area (Å²) in [6.45, 7) is 2.05. The van der Waals surface area contributed by atoms with Crippen LogP contribution in [0.5, 0.6) is 0 Å². The molecule has 0 unspecified atom stereocenters. The van der Waals surface area contributed by atoms with E-state index in [9.17, 15) is 4.79 Å². The molecule has 2 aromatic heterocycles. The lowest BCUT2D eigenvalue weighted by molar-refractivity contribution is 0.0951. The van der Waals surface area contributed by atoms with Crippen LogP contribution in [0.25, 0.3) is 16.8 Å². The first kappa shape index (κ1) is 17.4. The zero-order valence-electron chi connectivity index (χ0n) is 16.1. The van der Waals surface area contributed by atoms with Crippen LogP contribution in [0.2, 0.25) is 0 Å². The lowest BCUT2D eigenvalue weighted by atomic mass is 9.98. The first-order chi connectivity index (χ1) is 14.2. The van der Waals surface area contributed by atoms with Crippen molar-refractivity contribution >= 4 is 23.2 Å². The third-order valence-electron chi connectivity index (χ3n) is 5.16. The summed E-state index contributed by atoms with van der Waals surface area (Å²) in [5, 5.41) is 14.9. The van der Waals surface area contributed by atoms with Gasteiger partial charge in [0.2, 0.25) is 5.95 Å². The van der Waals surface area contributed by atoms with E-state index in [1.807, 2.05) is 78.2 Å². The Hall–Kier alpha value is -3.67. The Labute approximate surface area is 168 Å². The largest absolute Gasteiger partial charge is 0.349 e. The van der Waals surface area contributed by atoms with Crippen LogP contribution in [0.3, 0.4) is 0 Å². The summed E-state index contributed by atoms with van der Waals surface area (Å²) in [4.78, 5) is 12.4. The molecule has 6 heteroatoms. The molecule has 5 rings (SSSR count). The second-order valence-electron chi connectivity index (χ2n) is 7.44. The van der Waals surface area contributed by atoms with Crippen LogP contribution in [0.15, 0.2) is 66.9 Å². The summed E-state index contributed by atoms with van der Waals surface area (Å²) in [7, 11) is 0. The summed E-state index contributed by atoms with van der Waals surface area (Å²) in [5.74, 6) is 0.652. The van der Waals surface area contributed by atoms with Crippen molar-refractivity contribution in [3.05, 3.63) is 78.0 Å². The minimum Gasteiger partial charge on any atom is -0.349 e. The van der Waals surface area contributed by atoms with E-state index in [0.29, 0.717) is 17.6 Å². The summed E-state index contributed by atoms with van der Waals surface area (Å²) < 4.78 is 1.91. The van der Waals surface area contributed by atoms with Gasteiger partial charge in [0.05, 0.1) is 0 Å². The molecule has 1 amide bonds. The van der Waals surface area contributed by atoms with Crippen LogP contribution in [-0.4, -0.2) is 26.5 Å². The van der Waals surface area contributed by atoms with Gasteiger partial charge in [-0.2, -0.15) is 0 Å². The fraction of sp³-hybridized carbons (Fsp3) is 0.174. The molecule has 0 radical (unpaired) electrons. The molecule has 2 N–H and O–H groups in total. The Morgan fingerprint density at radius 3 is 2.66 bits per heavy atom. The van der Waals surface area contributed by atoms with E-state index in [1.165, 1.54) is 0 Å². The number of carbonyl (C=O) groups excluding carboxylic acids is 1. The maximum Gasteiger partial charge on any atom is 0.251 e. The SMILES string of the molecule is Cc1ccc(C(=O)NC2CC2)cc1-c1ccn2c(Nc3ccccc3)nnc2c1. The standard InChI is InChI=1S/C23H21N5O/c1-15-7-8-17(22(29)24-19-9-10-19)13-20(15)16-11-12-28-21(14-16)26-27-23(28)25-18-5-3-2-4-6-18/h2-8,11-14,19H,9-10H2,1H3,(H,24,29)(H,25,27). The van der Waals surface area contributed by atoms with Crippen molar-refractivity contribution in [2.75, 3.05) is 5.32 Å². The molecule has 2 aromatic carbocycles. The number of anilines is 2. The lowest BCUT2D eigenvalue weighted by Gasteiger charge is -2.10. The highest BCUT2D eigenvalue weighted by Gasteiger charge is 2.24. The van der Waals surface area contributed by atoms with Gasteiger partial charge in [-0.1, -0.05) is 24.3 Å². The van der Waals surface area contributed by atoms with E-state index in [2.05, 4.69) is 20.8 Å². The van der Waals surface area contributed by atoms with Crippen LogP contribution >= 0.6 is 0 Å². The van der Waals surface area contributed by atoms with Gasteiger partial charge in [-0.25, -0.2) is 0 Å². The highest BCUT2D eigenvalue weighted by Crippen LogP contribution is 2.27. The Balaban J connectivity index is 1.47. The second kappa shape index (κ2) is 7.05. The summed E-state index contributed by atoms with van der Waals surface area (Å²) in [6.07, 6.45) is 4.10. The molecule has 1 aliphatic rings. The molecular formula is C23H21N5O. The summed E-state index contributed by atoms with van der Waals surface area (Å²) in [6, 6.07) is 20.1. The van der Waals surface area contributed by atoms with Crippen LogP contribution < -0.4 is 10.6 Å². The number of aromatic nitrogens is 3. The number of hydrogen-bond donors (Lipinski definition) is 2. The van der Waals surface area contributed by atoms with E-state index in [4.69, 9.17) is 0 Å². The molecular weight excluding hydrogens is 362 g/mol. The molecule has 0 bridgehead atoms. The van der Waals surface area contributed by atoms with Gasteiger partial charge in [0.25, 0.3) is 5.91 Å². The minimum atomic E-state index is -0.00773. The average Bonchev–Trinajstić information content (AvgIpc) is 3.47. The lowest BCUT2D eigenvalue weighted by Crippen LogP contribution is -2.25. The molecule has 0 spiro atoms. The highest BCUT2D eigenvalue weighted by atomic mass is 16.1. The first-order valence-electron chi connectivity index (χ1n) is 9.76. The molecule has 144 valence electrons. The number of rotatable bonds is 5. The van der Waals surface area contributed by atoms with Gasteiger partial charge in [-0.3, -0.25) is 9.20 Å². The fourth-order valence-electron chi connectivity index (χ4n) is 3.36. The smallest absolute Gasteiger partial charge is 0.251 e. The summed E-state index contributed by atoms with van der Waals surface area (Å²) >= 11 is 0. The van der Waals surface area contributed by atoms with E-state index in [-0.39, 0.29) is 5.91 Å². The third kappa shape index (κ3) is 3.57. The van der Waals surface area contributed by atoms with Gasteiger partial charge in [-0.15, -0.1) is 10.2 Å². The monoisotopic (exact) mass is 383 g/mol. The number of amides is 1. The zero-order chi connectivity index (χ0) is 19.8. The zero-order valence-corrected chi connectivity index (χ0v) is 16.1. The Bertz CT molecular complexity index is 1190. The van der Waals surface area contributed by atoms with Crippen molar-refractivity contribution in [1.29, 1.82) is 0 Å². The van der Waals surface area contributed by atoms with Gasteiger partial charge in [0.15, 0.2) is 5.65 Å². The van der Waals surface area contributed by atoms with Crippen molar-refractivity contribution in [3.63, 3.8) is 0 Å². The quantitative estimate of drug-likeness (QED) is 0.538. The number of fused-ring (bicyclic) bond motifs is 1. The molecule has 1 saturated carbocycles. The molecule has 29 heavy (non-hydrogen) atoms. The average molecular weight is 383 g/mol. The first-order valence-corrected chi connectivity index (χ1v) is 9.76. The number of benzene rings is 2. The molecule has 0 saturated heterocycles. The van der Waals surface area contributed by atoms with Gasteiger partial charge >= 0.3 is 0 Å². The van der Waals surface area contributed by atoms with E-state index in [1.54, 1.807) is 0 Å². The maximum absolute atomic E-state index is 12.4. The fourth-order valence-corrected chi connectivity index (χ4v) is 3.36. The predicted octanol–water partition coefficient (Wildman–Crippen LogP) is 4.34. The van der Waals surface area contributed by atoms with Crippen LogP contribution in [-0.2, 0) is 0 Å². The molecule has 1 aliphatic carbocycles. The molecule has 2 heterocycles. The van der Waals surface area contributed by atoms with Crippen molar-refractivity contribution < 1.29 is 4.79 Å². The van der Waals surface area contributed by atoms with E-state index in [0.717, 1.165) is 40.9 Å². The number of para-hydroxylation sites is 1. The number of nitrogens with zero attached hydrogens (tertiary/aromatic N) is 3. The van der Waals surface area contributed by atoms with Crippen molar-refractivity contribution in [3.8, 4) is 11.1 Å². The minimum absolute atomic E-state index is 0.00773. The van der Waals surface area contributed by atoms with Crippen molar-refractivity contribution in [2.24, 2.45) is 0 Å².